The van der Waals surface area contributed by atoms with Crippen molar-refractivity contribution in [1.29, 1.82) is 0 Å². The zero-order chi connectivity index (χ0) is 31.3. The largest absolute Gasteiger partial charge is 0.393 e. The highest BCUT2D eigenvalue weighted by Crippen LogP contribution is 2.68. The fraction of sp³-hybridized carbons (Fsp3) is 1.00. The zero-order valence-electron chi connectivity index (χ0n) is 27.7. The van der Waals surface area contributed by atoms with Crippen molar-refractivity contribution in [3.63, 3.8) is 0 Å². The summed E-state index contributed by atoms with van der Waals surface area (Å²) in [6, 6.07) is 0.586. The molecule has 8 nitrogen and oxygen atoms in total. The molecule has 4 saturated carbocycles. The van der Waals surface area contributed by atoms with E-state index in [4.69, 9.17) is 14.5 Å². The molecule has 0 aromatic rings. The zero-order valence-corrected chi connectivity index (χ0v) is 28.5. The van der Waals surface area contributed by atoms with Crippen molar-refractivity contribution in [2.75, 3.05) is 32.8 Å². The van der Waals surface area contributed by atoms with Crippen LogP contribution in [0.5, 0.6) is 0 Å². The van der Waals surface area contributed by atoms with Crippen LogP contribution in [0, 0.1) is 46.3 Å². The highest BCUT2D eigenvalue weighted by atomic mass is 32.2. The van der Waals surface area contributed by atoms with Crippen LogP contribution in [0.2, 0.25) is 0 Å². The molecule has 252 valence electrons. The Labute approximate surface area is 264 Å². The van der Waals surface area contributed by atoms with Crippen molar-refractivity contribution in [2.24, 2.45) is 52.1 Å². The highest BCUT2D eigenvalue weighted by Gasteiger charge is 2.62. The van der Waals surface area contributed by atoms with Crippen LogP contribution in [0.15, 0.2) is 0 Å². The summed E-state index contributed by atoms with van der Waals surface area (Å²) < 4.78 is 24.5. The normalized spacial score (nSPS) is 40.2. The summed E-state index contributed by atoms with van der Waals surface area (Å²) >= 11 is -2.35. The molecule has 0 heterocycles. The average molecular weight is 628 g/mol. The second-order valence-corrected chi connectivity index (χ2v) is 16.6. The van der Waals surface area contributed by atoms with E-state index in [9.17, 15) is 14.4 Å². The molecule has 9 heteroatoms. The molecule has 0 bridgehead atoms. The molecule has 0 aromatic carbocycles. The van der Waals surface area contributed by atoms with Crippen LogP contribution in [-0.4, -0.2) is 69.5 Å². The first kappa shape index (κ1) is 35.7. The number of hydrogen-bond acceptors (Lipinski definition) is 7. The van der Waals surface area contributed by atoms with Crippen LogP contribution in [0.4, 0.5) is 0 Å². The molecule has 0 amide bonds. The minimum Gasteiger partial charge on any atom is -0.393 e. The molecule has 12 atom stereocenters. The lowest BCUT2D eigenvalue weighted by Gasteiger charge is -2.62. The van der Waals surface area contributed by atoms with E-state index in [1.807, 2.05) is 0 Å². The van der Waals surface area contributed by atoms with Gasteiger partial charge in [0.15, 0.2) is 0 Å². The molecule has 0 spiro atoms. The average Bonchev–Trinajstić information content (AvgIpc) is 3.31. The third kappa shape index (κ3) is 8.62. The Balaban J connectivity index is 1.28. The van der Waals surface area contributed by atoms with Crippen molar-refractivity contribution in [3.8, 4) is 0 Å². The van der Waals surface area contributed by atoms with E-state index in [0.29, 0.717) is 53.4 Å². The van der Waals surface area contributed by atoms with Crippen molar-refractivity contribution < 1.29 is 23.2 Å². The van der Waals surface area contributed by atoms with Gasteiger partial charge >= 0.3 is 11.4 Å². The lowest BCUT2D eigenvalue weighted by molar-refractivity contribution is -0.167. The standard InChI is InChI=1S/C34H65N3O5S/c1-24(9-7-14-32(2,39)23-42-43(40)41)27-10-11-28-31-29(13-16-34(27,28)4)33(3)15-12-26(21-25(33)22-30(31)38)37-20-8-19-36-18-6-5-17-35/h24-31,36-39H,5-23,35H2,1-4H3,(H,40,41)/t24?,25-,26+,27-,28?,29?,30-,31?,32?,33+,34-/m1/s1. The molecule has 43 heavy (non-hydrogen) atoms. The second-order valence-electron chi connectivity index (χ2n) is 15.9. The van der Waals surface area contributed by atoms with Crippen LogP contribution in [0.3, 0.4) is 0 Å². The first-order chi connectivity index (χ1) is 20.4. The third-order valence-electron chi connectivity index (χ3n) is 13.1. The van der Waals surface area contributed by atoms with Crippen molar-refractivity contribution >= 4 is 11.4 Å². The van der Waals surface area contributed by atoms with E-state index in [2.05, 4.69) is 31.4 Å². The molecule has 4 rings (SSSR count). The number of hydrogen-bond donors (Lipinski definition) is 6. The molecule has 4 aliphatic rings. The summed E-state index contributed by atoms with van der Waals surface area (Å²) in [4.78, 5) is 0. The Morgan fingerprint density at radius 2 is 1.72 bits per heavy atom. The predicted octanol–water partition coefficient (Wildman–Crippen LogP) is 5.00. The summed E-state index contributed by atoms with van der Waals surface area (Å²) in [5.74, 6) is 3.50. The number of nitrogens with one attached hydrogen (secondary N) is 2. The molecular formula is C34H65N3O5S. The Morgan fingerprint density at radius 1 is 1.00 bits per heavy atom. The Hall–Kier alpha value is -0.130. The minimum atomic E-state index is -2.35. The maximum absolute atomic E-state index is 11.8. The van der Waals surface area contributed by atoms with E-state index in [0.717, 1.165) is 64.7 Å². The molecule has 4 fully saturated rings. The molecule has 7 N–H and O–H groups in total. The highest BCUT2D eigenvalue weighted by molar-refractivity contribution is 7.74. The lowest BCUT2D eigenvalue weighted by Crippen LogP contribution is -2.59. The third-order valence-corrected chi connectivity index (χ3v) is 13.4. The lowest BCUT2D eigenvalue weighted by atomic mass is 9.43. The first-order valence-electron chi connectivity index (χ1n) is 17.7. The van der Waals surface area contributed by atoms with Gasteiger partial charge in [0.1, 0.15) is 0 Å². The quantitative estimate of drug-likeness (QED) is 0.0979. The summed E-state index contributed by atoms with van der Waals surface area (Å²) in [5, 5.41) is 29.7. The SMILES string of the molecule is CC(CCCC(C)(O)COS(=O)O)[C@H]1CCC2C3C(CC[C@@]21C)[C@@]1(C)CC[C@H](NCCCNCCCCN)C[C@@H]1C[C@H]3O. The van der Waals surface area contributed by atoms with Crippen molar-refractivity contribution in [2.45, 2.75) is 135 Å². The molecule has 0 radical (unpaired) electrons. The van der Waals surface area contributed by atoms with Crippen molar-refractivity contribution in [3.05, 3.63) is 0 Å². The van der Waals surface area contributed by atoms with Gasteiger partial charge in [0.25, 0.3) is 0 Å². The summed E-state index contributed by atoms with van der Waals surface area (Å²) in [7, 11) is 0. The number of fused-ring (bicyclic) bond motifs is 5. The topological polar surface area (TPSA) is 137 Å². The minimum absolute atomic E-state index is 0.126. The molecule has 0 saturated heterocycles. The summed E-state index contributed by atoms with van der Waals surface area (Å²) in [5.41, 5.74) is 5.12. The van der Waals surface area contributed by atoms with Crippen LogP contribution < -0.4 is 16.4 Å². The Kier molecular flexibility index (Phi) is 13.0. The van der Waals surface area contributed by atoms with E-state index < -0.39 is 17.0 Å². The van der Waals surface area contributed by atoms with Crippen LogP contribution in [-0.2, 0) is 15.5 Å². The van der Waals surface area contributed by atoms with Crippen LogP contribution in [0.25, 0.3) is 0 Å². The molecule has 4 aliphatic carbocycles. The molecule has 6 unspecified atom stereocenters. The van der Waals surface area contributed by atoms with Gasteiger partial charge in [-0.3, -0.25) is 8.74 Å². The van der Waals surface area contributed by atoms with Gasteiger partial charge in [0.05, 0.1) is 18.3 Å². The van der Waals surface area contributed by atoms with Crippen LogP contribution in [0.1, 0.15) is 118 Å². The van der Waals surface area contributed by atoms with E-state index >= 15 is 0 Å². The maximum Gasteiger partial charge on any atom is 0.301 e. The smallest absolute Gasteiger partial charge is 0.301 e. The monoisotopic (exact) mass is 627 g/mol. The molecular weight excluding hydrogens is 562 g/mol. The number of aliphatic hydroxyl groups excluding tert-OH is 1. The molecule has 0 aromatic heterocycles. The molecule has 0 aliphatic heterocycles. The van der Waals surface area contributed by atoms with Gasteiger partial charge in [-0.05, 0) is 156 Å². The number of unbranched alkanes of at least 4 members (excludes halogenated alkanes) is 1. The number of aliphatic hydroxyl groups is 2. The Morgan fingerprint density at radius 3 is 2.47 bits per heavy atom. The van der Waals surface area contributed by atoms with Gasteiger partial charge in [-0.1, -0.05) is 33.6 Å². The summed E-state index contributed by atoms with van der Waals surface area (Å²) in [6.07, 6.45) is 15.5. The second kappa shape index (κ2) is 15.6. The fourth-order valence-corrected chi connectivity index (χ4v) is 11.0. The van der Waals surface area contributed by atoms with Gasteiger partial charge in [0.2, 0.25) is 0 Å². The van der Waals surface area contributed by atoms with Gasteiger partial charge in [-0.25, -0.2) is 0 Å². The van der Waals surface area contributed by atoms with Crippen LogP contribution >= 0.6 is 0 Å². The Bertz CT molecular complexity index is 894. The van der Waals surface area contributed by atoms with Gasteiger partial charge in [-0.2, -0.15) is 4.21 Å². The van der Waals surface area contributed by atoms with Gasteiger partial charge in [0, 0.05) is 6.04 Å². The van der Waals surface area contributed by atoms with E-state index in [1.54, 1.807) is 6.92 Å². The summed E-state index contributed by atoms with van der Waals surface area (Å²) in [6.45, 7) is 13.1. The van der Waals surface area contributed by atoms with E-state index in [-0.39, 0.29) is 18.1 Å². The maximum atomic E-state index is 11.8. The van der Waals surface area contributed by atoms with Gasteiger partial charge < -0.3 is 26.6 Å². The number of nitrogens with two attached hydrogens (primary N) is 1. The number of rotatable bonds is 17. The predicted molar refractivity (Wildman–Crippen MR) is 175 cm³/mol. The van der Waals surface area contributed by atoms with E-state index in [1.165, 1.54) is 44.9 Å². The van der Waals surface area contributed by atoms with Crippen molar-refractivity contribution in [1.82, 2.24) is 10.6 Å². The fourth-order valence-electron chi connectivity index (χ4n) is 10.7. The van der Waals surface area contributed by atoms with Gasteiger partial charge in [-0.15, -0.1) is 0 Å². The first-order valence-corrected chi connectivity index (χ1v) is 18.7.